The van der Waals surface area contributed by atoms with Gasteiger partial charge in [-0.05, 0) is 30.9 Å². The SMILES string of the molecule is CC1CN(Cc2cccc(CNC(=O)C3(N)CCCCC3)c2)CCO1. The lowest BCUT2D eigenvalue weighted by atomic mass is 9.82. The first-order valence-electron chi connectivity index (χ1n) is 9.54. The zero-order valence-corrected chi connectivity index (χ0v) is 15.3. The molecule has 5 nitrogen and oxygen atoms in total. The summed E-state index contributed by atoms with van der Waals surface area (Å²) in [6.07, 6.45) is 5.19. The second-order valence-corrected chi connectivity index (χ2v) is 7.64. The van der Waals surface area contributed by atoms with Crippen molar-refractivity contribution in [1.29, 1.82) is 0 Å². The third-order valence-electron chi connectivity index (χ3n) is 5.37. The molecule has 1 atom stereocenters. The van der Waals surface area contributed by atoms with Gasteiger partial charge < -0.3 is 15.8 Å². The first-order valence-corrected chi connectivity index (χ1v) is 9.54. The van der Waals surface area contributed by atoms with Gasteiger partial charge >= 0.3 is 0 Å². The van der Waals surface area contributed by atoms with Crippen LogP contribution in [0.15, 0.2) is 24.3 Å². The fourth-order valence-corrected chi connectivity index (χ4v) is 3.90. The molecule has 1 aromatic carbocycles. The van der Waals surface area contributed by atoms with Crippen molar-refractivity contribution >= 4 is 5.91 Å². The van der Waals surface area contributed by atoms with Crippen LogP contribution in [-0.4, -0.2) is 42.1 Å². The highest BCUT2D eigenvalue weighted by molar-refractivity contribution is 5.86. The Labute approximate surface area is 150 Å². The third kappa shape index (κ3) is 5.03. The molecule has 138 valence electrons. The topological polar surface area (TPSA) is 67.6 Å². The van der Waals surface area contributed by atoms with Crippen molar-refractivity contribution < 1.29 is 9.53 Å². The van der Waals surface area contributed by atoms with Crippen LogP contribution in [0.25, 0.3) is 0 Å². The largest absolute Gasteiger partial charge is 0.376 e. The summed E-state index contributed by atoms with van der Waals surface area (Å²) in [6.45, 7) is 6.33. The minimum atomic E-state index is -0.667. The molecule has 0 radical (unpaired) electrons. The van der Waals surface area contributed by atoms with E-state index in [-0.39, 0.29) is 5.91 Å². The van der Waals surface area contributed by atoms with E-state index in [9.17, 15) is 4.79 Å². The van der Waals surface area contributed by atoms with E-state index in [0.717, 1.165) is 57.5 Å². The highest BCUT2D eigenvalue weighted by atomic mass is 16.5. The van der Waals surface area contributed by atoms with Gasteiger partial charge in [-0.25, -0.2) is 0 Å². The second-order valence-electron chi connectivity index (χ2n) is 7.64. The Morgan fingerprint density at radius 3 is 2.84 bits per heavy atom. The Morgan fingerprint density at radius 1 is 1.32 bits per heavy atom. The van der Waals surface area contributed by atoms with Gasteiger partial charge in [0.25, 0.3) is 0 Å². The molecule has 3 N–H and O–H groups in total. The number of carbonyl (C=O) groups excluding carboxylic acids is 1. The van der Waals surface area contributed by atoms with Gasteiger partial charge in [0, 0.05) is 26.2 Å². The smallest absolute Gasteiger partial charge is 0.240 e. The van der Waals surface area contributed by atoms with Gasteiger partial charge in [-0.15, -0.1) is 0 Å². The number of benzene rings is 1. The normalized spacial score (nSPS) is 24.0. The van der Waals surface area contributed by atoms with E-state index in [1.54, 1.807) is 0 Å². The maximum atomic E-state index is 12.5. The van der Waals surface area contributed by atoms with E-state index in [1.165, 1.54) is 12.0 Å². The number of rotatable bonds is 5. The van der Waals surface area contributed by atoms with Gasteiger partial charge in [0.2, 0.25) is 5.91 Å². The molecule has 0 spiro atoms. The van der Waals surface area contributed by atoms with Crippen LogP contribution in [0, 0.1) is 0 Å². The van der Waals surface area contributed by atoms with Crippen molar-refractivity contribution in [2.45, 2.75) is 63.8 Å². The molecule has 1 aromatic rings. The fraction of sp³-hybridized carbons (Fsp3) is 0.650. The Balaban J connectivity index is 1.53. The van der Waals surface area contributed by atoms with Crippen molar-refractivity contribution in [2.24, 2.45) is 5.73 Å². The summed E-state index contributed by atoms with van der Waals surface area (Å²) in [5, 5.41) is 3.05. The van der Waals surface area contributed by atoms with Crippen molar-refractivity contribution in [2.75, 3.05) is 19.7 Å². The van der Waals surface area contributed by atoms with Crippen molar-refractivity contribution in [3.8, 4) is 0 Å². The molecule has 1 saturated carbocycles. The van der Waals surface area contributed by atoms with Crippen LogP contribution in [0.4, 0.5) is 0 Å². The molecular weight excluding hydrogens is 314 g/mol. The number of nitrogens with two attached hydrogens (primary N) is 1. The maximum absolute atomic E-state index is 12.5. The van der Waals surface area contributed by atoms with E-state index in [2.05, 4.69) is 41.4 Å². The van der Waals surface area contributed by atoms with Crippen LogP contribution < -0.4 is 11.1 Å². The number of ether oxygens (including phenoxy) is 1. The maximum Gasteiger partial charge on any atom is 0.240 e. The van der Waals surface area contributed by atoms with E-state index in [1.807, 2.05) is 0 Å². The van der Waals surface area contributed by atoms with Crippen LogP contribution in [0.5, 0.6) is 0 Å². The number of nitrogens with one attached hydrogen (secondary N) is 1. The van der Waals surface area contributed by atoms with E-state index in [4.69, 9.17) is 10.5 Å². The summed E-state index contributed by atoms with van der Waals surface area (Å²) in [5.41, 5.74) is 8.05. The van der Waals surface area contributed by atoms with Gasteiger partial charge in [-0.3, -0.25) is 9.69 Å². The molecular formula is C20H31N3O2. The predicted octanol–water partition coefficient (Wildman–Crippen LogP) is 2.19. The summed E-state index contributed by atoms with van der Waals surface area (Å²) in [5.74, 6) is -0.000364. The molecule has 2 aliphatic rings. The standard InChI is InChI=1S/C20H31N3O2/c1-16-14-23(10-11-25-16)15-18-7-5-6-17(12-18)13-22-19(24)20(21)8-3-2-4-9-20/h5-7,12,16H,2-4,8-11,13-15,21H2,1H3,(H,22,24). The van der Waals surface area contributed by atoms with E-state index in [0.29, 0.717) is 12.6 Å². The van der Waals surface area contributed by atoms with Crippen molar-refractivity contribution in [3.05, 3.63) is 35.4 Å². The molecule has 1 amide bonds. The summed E-state index contributed by atoms with van der Waals surface area (Å²) < 4.78 is 5.60. The quantitative estimate of drug-likeness (QED) is 0.858. The predicted molar refractivity (Wildman–Crippen MR) is 99.0 cm³/mol. The summed E-state index contributed by atoms with van der Waals surface area (Å²) in [4.78, 5) is 14.9. The average molecular weight is 345 g/mol. The number of carbonyl (C=O) groups is 1. The zero-order valence-electron chi connectivity index (χ0n) is 15.3. The lowest BCUT2D eigenvalue weighted by Gasteiger charge is -2.32. The number of hydrogen-bond acceptors (Lipinski definition) is 4. The molecule has 1 aliphatic heterocycles. The monoisotopic (exact) mass is 345 g/mol. The fourth-order valence-electron chi connectivity index (χ4n) is 3.90. The van der Waals surface area contributed by atoms with Crippen LogP contribution in [0.1, 0.15) is 50.2 Å². The first-order chi connectivity index (χ1) is 12.0. The summed E-state index contributed by atoms with van der Waals surface area (Å²) >= 11 is 0. The highest BCUT2D eigenvalue weighted by Gasteiger charge is 2.34. The number of amides is 1. The second kappa shape index (κ2) is 8.30. The van der Waals surface area contributed by atoms with Crippen LogP contribution in [-0.2, 0) is 22.6 Å². The number of nitrogens with zero attached hydrogens (tertiary/aromatic N) is 1. The molecule has 1 unspecified atom stereocenters. The Kier molecular flexibility index (Phi) is 6.10. The molecule has 5 heteroatoms. The third-order valence-corrected chi connectivity index (χ3v) is 5.37. The van der Waals surface area contributed by atoms with Gasteiger partial charge in [-0.1, -0.05) is 43.5 Å². The minimum absolute atomic E-state index is 0.000364. The molecule has 1 aliphatic carbocycles. The van der Waals surface area contributed by atoms with Crippen LogP contribution >= 0.6 is 0 Å². The van der Waals surface area contributed by atoms with Crippen molar-refractivity contribution in [1.82, 2.24) is 10.2 Å². The number of morpholine rings is 1. The molecule has 0 aromatic heterocycles. The lowest BCUT2D eigenvalue weighted by Crippen LogP contribution is -2.54. The van der Waals surface area contributed by atoms with Gasteiger partial charge in [0.15, 0.2) is 0 Å². The highest BCUT2D eigenvalue weighted by Crippen LogP contribution is 2.26. The minimum Gasteiger partial charge on any atom is -0.376 e. The lowest BCUT2D eigenvalue weighted by molar-refractivity contribution is -0.127. The van der Waals surface area contributed by atoms with Gasteiger partial charge in [0.1, 0.15) is 0 Å². The average Bonchev–Trinajstić information content (AvgIpc) is 2.61. The van der Waals surface area contributed by atoms with E-state index >= 15 is 0 Å². The van der Waals surface area contributed by atoms with E-state index < -0.39 is 5.54 Å². The Morgan fingerprint density at radius 2 is 2.08 bits per heavy atom. The molecule has 2 fully saturated rings. The zero-order chi connectivity index (χ0) is 17.7. The van der Waals surface area contributed by atoms with Crippen molar-refractivity contribution in [3.63, 3.8) is 0 Å². The molecule has 1 saturated heterocycles. The molecule has 0 bridgehead atoms. The first kappa shape index (κ1) is 18.4. The van der Waals surface area contributed by atoms with Gasteiger partial charge in [-0.2, -0.15) is 0 Å². The van der Waals surface area contributed by atoms with Crippen LogP contribution in [0.3, 0.4) is 0 Å². The Hall–Kier alpha value is -1.43. The molecule has 3 rings (SSSR count). The van der Waals surface area contributed by atoms with Gasteiger partial charge in [0.05, 0.1) is 18.2 Å². The molecule has 1 heterocycles. The Bertz CT molecular complexity index is 584. The summed E-state index contributed by atoms with van der Waals surface area (Å²) in [7, 11) is 0. The van der Waals surface area contributed by atoms with Crippen LogP contribution in [0.2, 0.25) is 0 Å². The number of hydrogen-bond donors (Lipinski definition) is 2. The summed E-state index contributed by atoms with van der Waals surface area (Å²) in [6, 6.07) is 8.47. The molecule has 25 heavy (non-hydrogen) atoms.